The van der Waals surface area contributed by atoms with Gasteiger partial charge in [0.2, 0.25) is 0 Å². The maximum absolute atomic E-state index is 9.86. The highest BCUT2D eigenvalue weighted by Crippen LogP contribution is 2.33. The minimum atomic E-state index is -0.920. The number of H-pyrrole nitrogens is 1. The molecule has 0 saturated heterocycles. The SMILES string of the molecule is CCOC(O)c1cc2sc(-c3ccc(C(C)(C)C)cc3)nc2[nH]1. The molecular weight excluding hydrogens is 308 g/mol. The van der Waals surface area contributed by atoms with Crippen molar-refractivity contribution in [2.45, 2.75) is 39.4 Å². The van der Waals surface area contributed by atoms with Crippen LogP contribution < -0.4 is 0 Å². The van der Waals surface area contributed by atoms with Gasteiger partial charge in [0.05, 0.1) is 10.4 Å². The summed E-state index contributed by atoms with van der Waals surface area (Å²) in [7, 11) is 0. The van der Waals surface area contributed by atoms with Gasteiger partial charge in [-0.05, 0) is 24.0 Å². The van der Waals surface area contributed by atoms with Crippen molar-refractivity contribution in [2.24, 2.45) is 0 Å². The van der Waals surface area contributed by atoms with E-state index in [0.717, 1.165) is 20.9 Å². The van der Waals surface area contributed by atoms with E-state index in [-0.39, 0.29) is 5.41 Å². The molecule has 0 fully saturated rings. The Morgan fingerprint density at radius 2 is 1.96 bits per heavy atom. The Bertz CT molecular complexity index is 765. The minimum absolute atomic E-state index is 0.151. The summed E-state index contributed by atoms with van der Waals surface area (Å²) in [6, 6.07) is 10.5. The average molecular weight is 330 g/mol. The number of fused-ring (bicyclic) bond motifs is 1. The van der Waals surface area contributed by atoms with E-state index in [2.05, 4.69) is 55.0 Å². The lowest BCUT2D eigenvalue weighted by molar-refractivity contribution is -0.100. The van der Waals surface area contributed by atoms with Crippen LogP contribution in [0.25, 0.3) is 20.9 Å². The monoisotopic (exact) mass is 330 g/mol. The predicted octanol–water partition coefficient (Wildman–Crippen LogP) is 4.62. The van der Waals surface area contributed by atoms with Crippen LogP contribution in [0.5, 0.6) is 0 Å². The van der Waals surface area contributed by atoms with E-state index in [1.807, 2.05) is 13.0 Å². The molecule has 0 spiro atoms. The summed E-state index contributed by atoms with van der Waals surface area (Å²) in [5.74, 6) is 0. The zero-order valence-electron chi connectivity index (χ0n) is 13.9. The fourth-order valence-electron chi connectivity index (χ4n) is 2.45. The van der Waals surface area contributed by atoms with Crippen molar-refractivity contribution >= 4 is 21.7 Å². The number of aromatic nitrogens is 2. The van der Waals surface area contributed by atoms with Crippen LogP contribution in [0, 0.1) is 0 Å². The Morgan fingerprint density at radius 3 is 2.52 bits per heavy atom. The molecule has 0 aliphatic heterocycles. The van der Waals surface area contributed by atoms with Crippen molar-refractivity contribution in [3.63, 3.8) is 0 Å². The first-order chi connectivity index (χ1) is 10.9. The topological polar surface area (TPSA) is 58.1 Å². The fraction of sp³-hybridized carbons (Fsp3) is 0.389. The third kappa shape index (κ3) is 3.32. The van der Waals surface area contributed by atoms with Crippen molar-refractivity contribution < 1.29 is 9.84 Å². The maximum atomic E-state index is 9.86. The van der Waals surface area contributed by atoms with E-state index in [9.17, 15) is 5.11 Å². The molecule has 23 heavy (non-hydrogen) atoms. The molecule has 2 N–H and O–H groups in total. The molecule has 3 rings (SSSR count). The molecule has 122 valence electrons. The Kier molecular flexibility index (Phi) is 4.27. The number of hydrogen-bond acceptors (Lipinski definition) is 4. The summed E-state index contributed by atoms with van der Waals surface area (Å²) in [4.78, 5) is 7.76. The number of aromatic amines is 1. The fourth-order valence-corrected chi connectivity index (χ4v) is 3.43. The van der Waals surface area contributed by atoms with E-state index < -0.39 is 6.29 Å². The molecule has 2 aromatic heterocycles. The number of thiazole rings is 1. The maximum Gasteiger partial charge on any atom is 0.196 e. The van der Waals surface area contributed by atoms with Gasteiger partial charge < -0.3 is 14.8 Å². The van der Waals surface area contributed by atoms with Gasteiger partial charge in [-0.2, -0.15) is 0 Å². The Labute approximate surface area is 140 Å². The first kappa shape index (κ1) is 16.2. The van der Waals surface area contributed by atoms with E-state index in [1.165, 1.54) is 5.56 Å². The number of aliphatic hydroxyl groups excluding tert-OH is 1. The Balaban J connectivity index is 1.87. The van der Waals surface area contributed by atoms with Gasteiger partial charge >= 0.3 is 0 Å². The number of ether oxygens (including phenoxy) is 1. The number of hydrogen-bond donors (Lipinski definition) is 2. The molecule has 0 bridgehead atoms. The van der Waals surface area contributed by atoms with E-state index in [1.54, 1.807) is 11.3 Å². The molecule has 0 aliphatic rings. The zero-order chi connectivity index (χ0) is 16.6. The molecule has 0 saturated carbocycles. The molecule has 0 amide bonds. The second-order valence-corrected chi connectivity index (χ2v) is 7.62. The zero-order valence-corrected chi connectivity index (χ0v) is 14.7. The molecule has 3 aromatic rings. The quantitative estimate of drug-likeness (QED) is 0.686. The molecule has 1 atom stereocenters. The molecule has 5 heteroatoms. The summed E-state index contributed by atoms with van der Waals surface area (Å²) in [5, 5.41) is 10.8. The van der Waals surface area contributed by atoms with Gasteiger partial charge in [-0.3, -0.25) is 0 Å². The van der Waals surface area contributed by atoms with Crippen LogP contribution in [0.4, 0.5) is 0 Å². The standard InChI is InChI=1S/C18H22N2O2S/c1-5-22-17(21)13-10-14-15(19-13)20-16(23-14)11-6-8-12(9-7-11)18(2,3)4/h6-10,17,19,21H,5H2,1-4H3. The third-order valence-electron chi connectivity index (χ3n) is 3.79. The largest absolute Gasteiger partial charge is 0.363 e. The van der Waals surface area contributed by atoms with Crippen LogP contribution in [-0.2, 0) is 10.2 Å². The van der Waals surface area contributed by atoms with Crippen molar-refractivity contribution in [3.05, 3.63) is 41.6 Å². The summed E-state index contributed by atoms with van der Waals surface area (Å²) >= 11 is 1.61. The third-order valence-corrected chi connectivity index (χ3v) is 4.84. The number of nitrogens with zero attached hydrogens (tertiary/aromatic N) is 1. The van der Waals surface area contributed by atoms with Crippen LogP contribution in [-0.4, -0.2) is 21.7 Å². The highest BCUT2D eigenvalue weighted by Gasteiger charge is 2.16. The van der Waals surface area contributed by atoms with Gasteiger partial charge in [-0.25, -0.2) is 4.98 Å². The summed E-state index contributed by atoms with van der Waals surface area (Å²) in [5.41, 5.74) is 4.01. The van der Waals surface area contributed by atoms with Gasteiger partial charge in [0.25, 0.3) is 0 Å². The van der Waals surface area contributed by atoms with Gasteiger partial charge in [0, 0.05) is 12.2 Å². The number of aliphatic hydroxyl groups is 1. The summed E-state index contributed by atoms with van der Waals surface area (Å²) in [6.07, 6.45) is -0.920. The second-order valence-electron chi connectivity index (χ2n) is 6.59. The number of rotatable bonds is 4. The van der Waals surface area contributed by atoms with Crippen LogP contribution in [0.3, 0.4) is 0 Å². The summed E-state index contributed by atoms with van der Waals surface area (Å²) < 4.78 is 6.21. The molecule has 2 heterocycles. The number of benzene rings is 1. The van der Waals surface area contributed by atoms with Crippen LogP contribution in [0.15, 0.2) is 30.3 Å². The molecule has 1 unspecified atom stereocenters. The van der Waals surface area contributed by atoms with E-state index in [4.69, 9.17) is 4.74 Å². The highest BCUT2D eigenvalue weighted by molar-refractivity contribution is 7.21. The van der Waals surface area contributed by atoms with Crippen molar-refractivity contribution in [1.82, 2.24) is 9.97 Å². The molecule has 0 radical (unpaired) electrons. The van der Waals surface area contributed by atoms with Crippen LogP contribution in [0.1, 0.15) is 45.2 Å². The smallest absolute Gasteiger partial charge is 0.196 e. The Morgan fingerprint density at radius 1 is 1.26 bits per heavy atom. The van der Waals surface area contributed by atoms with Crippen molar-refractivity contribution in [1.29, 1.82) is 0 Å². The van der Waals surface area contributed by atoms with E-state index >= 15 is 0 Å². The lowest BCUT2D eigenvalue weighted by Gasteiger charge is -2.18. The minimum Gasteiger partial charge on any atom is -0.363 e. The first-order valence-electron chi connectivity index (χ1n) is 7.78. The van der Waals surface area contributed by atoms with Crippen LogP contribution >= 0.6 is 11.3 Å². The molecule has 4 nitrogen and oxygen atoms in total. The first-order valence-corrected chi connectivity index (χ1v) is 8.60. The van der Waals surface area contributed by atoms with Gasteiger partial charge in [-0.15, -0.1) is 11.3 Å². The molecular formula is C18H22N2O2S. The van der Waals surface area contributed by atoms with Crippen molar-refractivity contribution in [2.75, 3.05) is 6.61 Å². The van der Waals surface area contributed by atoms with Crippen molar-refractivity contribution in [3.8, 4) is 10.6 Å². The second kappa shape index (κ2) is 6.07. The van der Waals surface area contributed by atoms with Gasteiger partial charge in [-0.1, -0.05) is 45.0 Å². The Hall–Kier alpha value is -1.69. The molecule has 1 aromatic carbocycles. The number of nitrogens with one attached hydrogen (secondary N) is 1. The highest BCUT2D eigenvalue weighted by atomic mass is 32.1. The molecule has 0 aliphatic carbocycles. The van der Waals surface area contributed by atoms with Gasteiger partial charge in [0.1, 0.15) is 10.7 Å². The van der Waals surface area contributed by atoms with Gasteiger partial charge in [0.15, 0.2) is 6.29 Å². The predicted molar refractivity (Wildman–Crippen MR) is 94.7 cm³/mol. The summed E-state index contributed by atoms with van der Waals surface area (Å²) in [6.45, 7) is 8.94. The lowest BCUT2D eigenvalue weighted by Crippen LogP contribution is -2.10. The lowest BCUT2D eigenvalue weighted by atomic mass is 9.87. The average Bonchev–Trinajstić information content (AvgIpc) is 3.05. The normalized spacial score (nSPS) is 13.6. The van der Waals surface area contributed by atoms with Crippen LogP contribution in [0.2, 0.25) is 0 Å². The van der Waals surface area contributed by atoms with E-state index in [0.29, 0.717) is 12.3 Å².